The van der Waals surface area contributed by atoms with Crippen molar-refractivity contribution in [2.45, 2.75) is 27.3 Å². The Morgan fingerprint density at radius 1 is 1.11 bits per heavy atom. The molecular formula is C19H19N5O4. The monoisotopic (exact) mass is 381 g/mol. The van der Waals surface area contributed by atoms with E-state index in [1.165, 1.54) is 10.6 Å². The van der Waals surface area contributed by atoms with Gasteiger partial charge in [0.25, 0.3) is 5.56 Å². The number of benzene rings is 1. The SMILES string of the molecule is Cc1cc(=O)n(CC(=O)Nc2ccc3c(c2)OCO3)c(-n2nc(C)cc2C)n1. The molecule has 0 unspecified atom stereocenters. The number of rotatable bonds is 4. The standard InChI is InChI=1S/C19H19N5O4/c1-11-7-18(26)23(19(20-11)24-13(3)6-12(2)22-24)9-17(25)21-14-4-5-15-16(8-14)28-10-27-15/h4-8H,9-10H2,1-3H3,(H,21,25). The Labute approximate surface area is 160 Å². The first-order chi connectivity index (χ1) is 13.4. The van der Waals surface area contributed by atoms with E-state index in [1.807, 2.05) is 19.9 Å². The van der Waals surface area contributed by atoms with Crippen LogP contribution in [0.1, 0.15) is 17.1 Å². The van der Waals surface area contributed by atoms with E-state index in [2.05, 4.69) is 15.4 Å². The van der Waals surface area contributed by atoms with Crippen LogP contribution in [0.2, 0.25) is 0 Å². The highest BCUT2D eigenvalue weighted by Gasteiger charge is 2.17. The molecule has 0 saturated carbocycles. The molecule has 4 rings (SSSR count). The minimum absolute atomic E-state index is 0.156. The van der Waals surface area contributed by atoms with Crippen LogP contribution in [0.15, 0.2) is 35.1 Å². The molecule has 1 aliphatic heterocycles. The van der Waals surface area contributed by atoms with Gasteiger partial charge in [-0.25, -0.2) is 9.67 Å². The summed E-state index contributed by atoms with van der Waals surface area (Å²) < 4.78 is 13.4. The highest BCUT2D eigenvalue weighted by atomic mass is 16.7. The van der Waals surface area contributed by atoms with E-state index in [1.54, 1.807) is 29.8 Å². The van der Waals surface area contributed by atoms with E-state index >= 15 is 0 Å². The third kappa shape index (κ3) is 3.34. The van der Waals surface area contributed by atoms with Crippen molar-refractivity contribution in [3.8, 4) is 17.4 Å². The summed E-state index contributed by atoms with van der Waals surface area (Å²) in [6, 6.07) is 8.38. The maximum atomic E-state index is 12.6. The Bertz CT molecular complexity index is 1130. The third-order valence-electron chi connectivity index (χ3n) is 4.27. The zero-order chi connectivity index (χ0) is 19.8. The van der Waals surface area contributed by atoms with Crippen molar-refractivity contribution in [1.82, 2.24) is 19.3 Å². The van der Waals surface area contributed by atoms with Crippen molar-refractivity contribution in [3.63, 3.8) is 0 Å². The number of anilines is 1. The summed E-state index contributed by atoms with van der Waals surface area (Å²) in [5.74, 6) is 1.13. The van der Waals surface area contributed by atoms with Gasteiger partial charge in [0.05, 0.1) is 5.69 Å². The molecule has 1 N–H and O–H groups in total. The number of fused-ring (bicyclic) bond motifs is 1. The highest BCUT2D eigenvalue weighted by Crippen LogP contribution is 2.34. The van der Waals surface area contributed by atoms with Crippen LogP contribution in [0.5, 0.6) is 11.5 Å². The van der Waals surface area contributed by atoms with E-state index in [4.69, 9.17) is 9.47 Å². The van der Waals surface area contributed by atoms with Gasteiger partial charge in [-0.15, -0.1) is 0 Å². The molecule has 1 aromatic carbocycles. The smallest absolute Gasteiger partial charge is 0.255 e. The Hall–Kier alpha value is -3.62. The van der Waals surface area contributed by atoms with Gasteiger partial charge in [-0.3, -0.25) is 14.2 Å². The van der Waals surface area contributed by atoms with Crippen LogP contribution < -0.4 is 20.3 Å². The molecule has 0 aliphatic carbocycles. The molecule has 0 saturated heterocycles. The van der Waals surface area contributed by atoms with Gasteiger partial charge in [-0.1, -0.05) is 0 Å². The molecule has 28 heavy (non-hydrogen) atoms. The predicted octanol–water partition coefficient (Wildman–Crippen LogP) is 1.72. The number of aryl methyl sites for hydroxylation is 3. The fourth-order valence-electron chi connectivity index (χ4n) is 3.07. The Balaban J connectivity index is 1.63. The van der Waals surface area contributed by atoms with Crippen molar-refractivity contribution >= 4 is 11.6 Å². The van der Waals surface area contributed by atoms with E-state index in [0.29, 0.717) is 28.8 Å². The van der Waals surface area contributed by atoms with Crippen LogP contribution >= 0.6 is 0 Å². The van der Waals surface area contributed by atoms with Gasteiger partial charge < -0.3 is 14.8 Å². The number of aromatic nitrogens is 4. The molecule has 0 atom stereocenters. The van der Waals surface area contributed by atoms with Crippen LogP contribution in [-0.2, 0) is 11.3 Å². The van der Waals surface area contributed by atoms with Gasteiger partial charge in [0.1, 0.15) is 6.54 Å². The van der Waals surface area contributed by atoms with Crippen LogP contribution in [0.3, 0.4) is 0 Å². The molecule has 0 spiro atoms. The zero-order valence-corrected chi connectivity index (χ0v) is 15.7. The van der Waals surface area contributed by atoms with Gasteiger partial charge >= 0.3 is 0 Å². The summed E-state index contributed by atoms with van der Waals surface area (Å²) in [6.45, 7) is 5.41. The fraction of sp³-hybridized carbons (Fsp3) is 0.263. The summed E-state index contributed by atoms with van der Waals surface area (Å²) in [5.41, 5.74) is 2.40. The Morgan fingerprint density at radius 3 is 2.64 bits per heavy atom. The second kappa shape index (κ2) is 6.84. The molecule has 0 radical (unpaired) electrons. The lowest BCUT2D eigenvalue weighted by molar-refractivity contribution is -0.116. The maximum absolute atomic E-state index is 12.6. The Kier molecular flexibility index (Phi) is 4.34. The molecule has 1 amide bonds. The van der Waals surface area contributed by atoms with Gasteiger partial charge in [0.2, 0.25) is 18.6 Å². The third-order valence-corrected chi connectivity index (χ3v) is 4.27. The molecule has 0 fully saturated rings. The number of nitrogens with zero attached hydrogens (tertiary/aromatic N) is 4. The summed E-state index contributed by atoms with van der Waals surface area (Å²) in [6.07, 6.45) is 0. The lowest BCUT2D eigenvalue weighted by atomic mass is 10.2. The molecule has 9 heteroatoms. The average molecular weight is 381 g/mol. The van der Waals surface area contributed by atoms with Crippen LogP contribution in [0.25, 0.3) is 5.95 Å². The molecule has 0 bridgehead atoms. The van der Waals surface area contributed by atoms with Crippen LogP contribution in [0, 0.1) is 20.8 Å². The minimum atomic E-state index is -0.366. The number of carbonyl (C=O) groups excluding carboxylic acids is 1. The predicted molar refractivity (Wildman–Crippen MR) is 101 cm³/mol. The summed E-state index contributed by atoms with van der Waals surface area (Å²) >= 11 is 0. The molecule has 2 aromatic heterocycles. The first-order valence-electron chi connectivity index (χ1n) is 8.72. The maximum Gasteiger partial charge on any atom is 0.255 e. The van der Waals surface area contributed by atoms with Crippen LogP contribution in [0.4, 0.5) is 5.69 Å². The second-order valence-corrected chi connectivity index (χ2v) is 6.58. The number of amides is 1. The second-order valence-electron chi connectivity index (χ2n) is 6.58. The quantitative estimate of drug-likeness (QED) is 0.739. The van der Waals surface area contributed by atoms with Gasteiger partial charge in [-0.05, 0) is 39.0 Å². The minimum Gasteiger partial charge on any atom is -0.454 e. The largest absolute Gasteiger partial charge is 0.454 e. The molecule has 144 valence electrons. The van der Waals surface area contributed by atoms with Crippen molar-refractivity contribution < 1.29 is 14.3 Å². The Morgan fingerprint density at radius 2 is 1.89 bits per heavy atom. The highest BCUT2D eigenvalue weighted by molar-refractivity contribution is 5.91. The van der Waals surface area contributed by atoms with Crippen molar-refractivity contribution in [3.05, 3.63) is 57.8 Å². The first kappa shape index (κ1) is 17.8. The molecule has 1 aliphatic rings. The lowest BCUT2D eigenvalue weighted by Crippen LogP contribution is -2.32. The van der Waals surface area contributed by atoms with Crippen molar-refractivity contribution in [1.29, 1.82) is 0 Å². The molecular weight excluding hydrogens is 362 g/mol. The van der Waals surface area contributed by atoms with Gasteiger partial charge in [0.15, 0.2) is 11.5 Å². The number of carbonyl (C=O) groups is 1. The lowest BCUT2D eigenvalue weighted by Gasteiger charge is -2.14. The summed E-state index contributed by atoms with van der Waals surface area (Å²) in [7, 11) is 0. The van der Waals surface area contributed by atoms with Crippen molar-refractivity contribution in [2.24, 2.45) is 0 Å². The molecule has 3 heterocycles. The summed E-state index contributed by atoms with van der Waals surface area (Å²) in [5, 5.41) is 7.16. The van der Waals surface area contributed by atoms with E-state index in [9.17, 15) is 9.59 Å². The summed E-state index contributed by atoms with van der Waals surface area (Å²) in [4.78, 5) is 29.6. The van der Waals surface area contributed by atoms with E-state index < -0.39 is 0 Å². The van der Waals surface area contributed by atoms with Gasteiger partial charge in [-0.2, -0.15) is 5.10 Å². The van der Waals surface area contributed by atoms with Crippen LogP contribution in [-0.4, -0.2) is 32.0 Å². The zero-order valence-electron chi connectivity index (χ0n) is 15.7. The normalized spacial score (nSPS) is 12.2. The van der Waals surface area contributed by atoms with E-state index in [-0.39, 0.29) is 24.8 Å². The number of nitrogens with one attached hydrogen (secondary N) is 1. The first-order valence-corrected chi connectivity index (χ1v) is 8.72. The molecule has 3 aromatic rings. The average Bonchev–Trinajstić information content (AvgIpc) is 3.22. The van der Waals surface area contributed by atoms with Crippen molar-refractivity contribution in [2.75, 3.05) is 12.1 Å². The fourth-order valence-corrected chi connectivity index (χ4v) is 3.07. The number of hydrogen-bond donors (Lipinski definition) is 1. The molecule has 9 nitrogen and oxygen atoms in total. The number of hydrogen-bond acceptors (Lipinski definition) is 6. The van der Waals surface area contributed by atoms with E-state index in [0.717, 1.165) is 11.4 Å². The van der Waals surface area contributed by atoms with Gasteiger partial charge in [0, 0.05) is 29.2 Å². The number of ether oxygens (including phenoxy) is 2. The topological polar surface area (TPSA) is 100 Å².